The molecule has 0 aromatic rings. The number of hydrogen-bond donors (Lipinski definition) is 0. The molecule has 0 aliphatic carbocycles. The molecule has 1 fully saturated rings. The van der Waals surface area contributed by atoms with Crippen LogP contribution in [0.2, 0.25) is 0 Å². The molecule has 0 unspecified atom stereocenters. The van der Waals surface area contributed by atoms with Crippen LogP contribution in [0.1, 0.15) is 33.6 Å². The van der Waals surface area contributed by atoms with Crippen molar-refractivity contribution in [1.29, 1.82) is 0 Å². The minimum absolute atomic E-state index is 0.301. The van der Waals surface area contributed by atoms with E-state index in [2.05, 4.69) is 32.7 Å². The summed E-state index contributed by atoms with van der Waals surface area (Å²) >= 11 is 0. The van der Waals surface area contributed by atoms with E-state index in [1.807, 2.05) is 0 Å². The van der Waals surface area contributed by atoms with Crippen molar-refractivity contribution in [1.82, 2.24) is 4.90 Å². The molecular formula is C12H27NO2. The summed E-state index contributed by atoms with van der Waals surface area (Å²) in [6.07, 6.45) is 3.02. The Balaban J connectivity index is 0.000000583. The van der Waals surface area contributed by atoms with E-state index < -0.39 is 0 Å². The lowest BCUT2D eigenvalue weighted by Crippen LogP contribution is -2.35. The summed E-state index contributed by atoms with van der Waals surface area (Å²) in [6, 6.07) is 0.514. The molecule has 1 aliphatic rings. The SMILES string of the molecule is CCC.CO[C@@H]1C[C@@H]([C@H](C)OC)N(C)C1. The smallest absolute Gasteiger partial charge is 0.0714 e. The molecular weight excluding hydrogens is 190 g/mol. The molecule has 0 N–H and O–H groups in total. The van der Waals surface area contributed by atoms with Crippen LogP contribution in [0, 0.1) is 0 Å². The van der Waals surface area contributed by atoms with Crippen molar-refractivity contribution in [2.45, 2.75) is 51.9 Å². The van der Waals surface area contributed by atoms with E-state index in [0.717, 1.165) is 13.0 Å². The molecule has 1 heterocycles. The lowest BCUT2D eigenvalue weighted by molar-refractivity contribution is 0.0520. The highest BCUT2D eigenvalue weighted by Gasteiger charge is 2.32. The molecule has 0 amide bonds. The zero-order valence-corrected chi connectivity index (χ0v) is 11.1. The minimum Gasteiger partial charge on any atom is -0.380 e. The molecule has 1 aliphatic heterocycles. The maximum atomic E-state index is 5.31. The number of rotatable bonds is 3. The van der Waals surface area contributed by atoms with E-state index in [0.29, 0.717) is 18.2 Å². The molecule has 0 radical (unpaired) electrons. The second-order valence-corrected chi connectivity index (χ2v) is 4.25. The van der Waals surface area contributed by atoms with Crippen LogP contribution >= 0.6 is 0 Å². The van der Waals surface area contributed by atoms with Gasteiger partial charge in [-0.25, -0.2) is 0 Å². The van der Waals surface area contributed by atoms with Gasteiger partial charge in [0.15, 0.2) is 0 Å². The number of nitrogens with zero attached hydrogens (tertiary/aromatic N) is 1. The zero-order chi connectivity index (χ0) is 11.8. The summed E-state index contributed by atoms with van der Waals surface area (Å²) in [5, 5.41) is 0. The Hall–Kier alpha value is -0.120. The fourth-order valence-electron chi connectivity index (χ4n) is 1.86. The van der Waals surface area contributed by atoms with E-state index in [4.69, 9.17) is 9.47 Å². The number of likely N-dealkylation sites (tertiary alicyclic amines) is 1. The van der Waals surface area contributed by atoms with Crippen LogP contribution in [0.5, 0.6) is 0 Å². The summed E-state index contributed by atoms with van der Waals surface area (Å²) in [7, 11) is 5.66. The maximum absolute atomic E-state index is 5.31. The van der Waals surface area contributed by atoms with Gasteiger partial charge in [0.25, 0.3) is 0 Å². The van der Waals surface area contributed by atoms with E-state index in [1.54, 1.807) is 14.2 Å². The minimum atomic E-state index is 0.301. The normalized spacial score (nSPS) is 28.4. The Morgan fingerprint density at radius 3 is 2.20 bits per heavy atom. The zero-order valence-electron chi connectivity index (χ0n) is 11.1. The molecule has 3 atom stereocenters. The monoisotopic (exact) mass is 217 g/mol. The van der Waals surface area contributed by atoms with Crippen molar-refractivity contribution in [2.75, 3.05) is 27.8 Å². The highest BCUT2D eigenvalue weighted by Crippen LogP contribution is 2.21. The molecule has 0 bridgehead atoms. The third kappa shape index (κ3) is 4.96. The summed E-state index contributed by atoms with van der Waals surface area (Å²) < 4.78 is 10.6. The van der Waals surface area contributed by atoms with Gasteiger partial charge in [0.2, 0.25) is 0 Å². The van der Waals surface area contributed by atoms with Gasteiger partial charge in [-0.15, -0.1) is 0 Å². The first-order valence-corrected chi connectivity index (χ1v) is 5.86. The molecule has 92 valence electrons. The first kappa shape index (κ1) is 14.9. The van der Waals surface area contributed by atoms with Crippen molar-refractivity contribution in [2.24, 2.45) is 0 Å². The Labute approximate surface area is 94.7 Å². The molecule has 3 nitrogen and oxygen atoms in total. The van der Waals surface area contributed by atoms with Crippen LogP contribution in [-0.4, -0.2) is 51.0 Å². The molecule has 0 spiro atoms. The van der Waals surface area contributed by atoms with E-state index >= 15 is 0 Å². The highest BCUT2D eigenvalue weighted by molar-refractivity contribution is 4.87. The number of likely N-dealkylation sites (N-methyl/N-ethyl adjacent to an activating group) is 1. The van der Waals surface area contributed by atoms with Gasteiger partial charge in [-0.3, -0.25) is 4.90 Å². The van der Waals surface area contributed by atoms with Crippen LogP contribution in [0.3, 0.4) is 0 Å². The highest BCUT2D eigenvalue weighted by atomic mass is 16.5. The fourth-order valence-corrected chi connectivity index (χ4v) is 1.86. The third-order valence-electron chi connectivity index (χ3n) is 2.81. The van der Waals surface area contributed by atoms with Crippen molar-refractivity contribution in [3.05, 3.63) is 0 Å². The number of ether oxygens (including phenoxy) is 2. The molecule has 1 saturated heterocycles. The van der Waals surface area contributed by atoms with Gasteiger partial charge in [-0.05, 0) is 20.4 Å². The Bertz CT molecular complexity index is 153. The average Bonchev–Trinajstić information content (AvgIpc) is 2.60. The number of hydrogen-bond acceptors (Lipinski definition) is 3. The van der Waals surface area contributed by atoms with Crippen molar-refractivity contribution >= 4 is 0 Å². The van der Waals surface area contributed by atoms with Crippen molar-refractivity contribution < 1.29 is 9.47 Å². The predicted octanol–water partition coefficient (Wildman–Crippen LogP) is 2.16. The Kier molecular flexibility index (Phi) is 8.02. The van der Waals surface area contributed by atoms with Gasteiger partial charge >= 0.3 is 0 Å². The largest absolute Gasteiger partial charge is 0.380 e. The van der Waals surface area contributed by atoms with Crippen LogP contribution in [0.15, 0.2) is 0 Å². The second kappa shape index (κ2) is 8.08. The van der Waals surface area contributed by atoms with Crippen LogP contribution in [0.4, 0.5) is 0 Å². The van der Waals surface area contributed by atoms with Crippen molar-refractivity contribution in [3.8, 4) is 0 Å². The van der Waals surface area contributed by atoms with Gasteiger partial charge in [-0.2, -0.15) is 0 Å². The molecule has 3 heteroatoms. The lowest BCUT2D eigenvalue weighted by Gasteiger charge is -2.24. The first-order chi connectivity index (χ1) is 7.10. The first-order valence-electron chi connectivity index (χ1n) is 5.86. The van der Waals surface area contributed by atoms with E-state index in [1.165, 1.54) is 6.42 Å². The van der Waals surface area contributed by atoms with Crippen molar-refractivity contribution in [3.63, 3.8) is 0 Å². The molecule has 1 rings (SSSR count). The summed E-state index contributed by atoms with van der Waals surface area (Å²) in [4.78, 5) is 2.31. The van der Waals surface area contributed by atoms with E-state index in [-0.39, 0.29) is 0 Å². The molecule has 0 aromatic heterocycles. The maximum Gasteiger partial charge on any atom is 0.0714 e. The Morgan fingerprint density at radius 1 is 1.33 bits per heavy atom. The lowest BCUT2D eigenvalue weighted by atomic mass is 10.1. The standard InChI is InChI=1S/C9H19NO2.C3H8/c1-7(11-3)9-5-8(12-4)6-10(9)2;1-3-2/h7-9H,5-6H2,1-4H3;3H2,1-2H3/t7-,8+,9-;/m0./s1. The third-order valence-corrected chi connectivity index (χ3v) is 2.81. The van der Waals surface area contributed by atoms with Crippen LogP contribution in [0.25, 0.3) is 0 Å². The molecule has 0 aromatic carbocycles. The fraction of sp³-hybridized carbons (Fsp3) is 1.00. The van der Waals surface area contributed by atoms with Gasteiger partial charge in [0.05, 0.1) is 12.2 Å². The Morgan fingerprint density at radius 2 is 1.87 bits per heavy atom. The summed E-state index contributed by atoms with van der Waals surface area (Å²) in [5.74, 6) is 0. The van der Waals surface area contributed by atoms with Gasteiger partial charge in [0.1, 0.15) is 0 Å². The molecule has 15 heavy (non-hydrogen) atoms. The molecule has 0 saturated carbocycles. The van der Waals surface area contributed by atoms with E-state index in [9.17, 15) is 0 Å². The van der Waals surface area contributed by atoms with Gasteiger partial charge in [0, 0.05) is 26.8 Å². The van der Waals surface area contributed by atoms with Gasteiger partial charge < -0.3 is 9.47 Å². The van der Waals surface area contributed by atoms with Crippen LogP contribution < -0.4 is 0 Å². The van der Waals surface area contributed by atoms with Gasteiger partial charge in [-0.1, -0.05) is 20.3 Å². The summed E-state index contributed by atoms with van der Waals surface area (Å²) in [5.41, 5.74) is 0. The van der Waals surface area contributed by atoms with Crippen LogP contribution in [-0.2, 0) is 9.47 Å². The topological polar surface area (TPSA) is 21.7 Å². The average molecular weight is 217 g/mol. The second-order valence-electron chi connectivity index (χ2n) is 4.25. The quantitative estimate of drug-likeness (QED) is 0.723. The predicted molar refractivity (Wildman–Crippen MR) is 64.3 cm³/mol. The summed E-state index contributed by atoms with van der Waals surface area (Å²) in [6.45, 7) is 7.38. The number of methoxy groups -OCH3 is 2.